The number of cyclic esters (lactones) is 1. The maximum atomic E-state index is 12.9. The van der Waals surface area contributed by atoms with E-state index in [2.05, 4.69) is 0 Å². The van der Waals surface area contributed by atoms with Crippen molar-refractivity contribution in [3.05, 3.63) is 12.2 Å². The lowest BCUT2D eigenvalue weighted by molar-refractivity contribution is -0.260. The number of hydrogen-bond acceptors (Lipinski definition) is 11. The van der Waals surface area contributed by atoms with Crippen LogP contribution in [0.1, 0.15) is 44.9 Å². The zero-order chi connectivity index (χ0) is 22.9. The van der Waals surface area contributed by atoms with Crippen LogP contribution in [0.5, 0.6) is 0 Å². The van der Waals surface area contributed by atoms with Gasteiger partial charge in [0.15, 0.2) is 0 Å². The lowest BCUT2D eigenvalue weighted by Crippen LogP contribution is -2.58. The molecular formula is C20H28O11. The van der Waals surface area contributed by atoms with Crippen LogP contribution in [-0.4, -0.2) is 82.9 Å². The Kier molecular flexibility index (Phi) is 9.11. The number of allylic oxidation sites excluding steroid dienone is 1. The Balaban J connectivity index is 2.54. The van der Waals surface area contributed by atoms with Gasteiger partial charge in [0.25, 0.3) is 5.60 Å². The summed E-state index contributed by atoms with van der Waals surface area (Å²) < 4.78 is 20.2. The molecule has 0 amide bonds. The first-order valence-corrected chi connectivity index (χ1v) is 10.2. The van der Waals surface area contributed by atoms with Crippen molar-refractivity contribution in [2.75, 3.05) is 26.4 Å². The number of esters is 3. The number of hydrogen-bond donors (Lipinski definition) is 3. The molecule has 0 aliphatic carbocycles. The van der Waals surface area contributed by atoms with E-state index in [9.17, 15) is 34.5 Å². The second-order valence-electron chi connectivity index (χ2n) is 7.31. The highest BCUT2D eigenvalue weighted by molar-refractivity contribution is 6.14. The van der Waals surface area contributed by atoms with E-state index in [4.69, 9.17) is 18.9 Å². The number of ketones is 1. The summed E-state index contributed by atoms with van der Waals surface area (Å²) in [6, 6.07) is 0. The largest absolute Gasteiger partial charge is 0.444 e. The molecule has 3 atom stereocenters. The molecule has 1 fully saturated rings. The van der Waals surface area contributed by atoms with Crippen molar-refractivity contribution in [2.24, 2.45) is 0 Å². The van der Waals surface area contributed by atoms with Crippen LogP contribution in [0.4, 0.5) is 0 Å². The van der Waals surface area contributed by atoms with E-state index in [-0.39, 0.29) is 6.61 Å². The maximum Gasteiger partial charge on any atom is 0.384 e. The van der Waals surface area contributed by atoms with Gasteiger partial charge >= 0.3 is 23.7 Å². The molecule has 11 heteroatoms. The Labute approximate surface area is 178 Å². The summed E-state index contributed by atoms with van der Waals surface area (Å²) in [6.45, 7) is -3.67. The lowest BCUT2D eigenvalue weighted by atomic mass is 9.97. The summed E-state index contributed by atoms with van der Waals surface area (Å²) in [4.78, 5) is 50.8. The Morgan fingerprint density at radius 2 is 1.55 bits per heavy atom. The number of fused-ring (bicyclic) bond motifs is 3. The predicted molar refractivity (Wildman–Crippen MR) is 101 cm³/mol. The van der Waals surface area contributed by atoms with Crippen molar-refractivity contribution in [2.45, 2.75) is 62.4 Å². The summed E-state index contributed by atoms with van der Waals surface area (Å²) >= 11 is 0. The van der Waals surface area contributed by atoms with Crippen LogP contribution in [0.3, 0.4) is 0 Å². The van der Waals surface area contributed by atoms with Crippen LogP contribution in [0.15, 0.2) is 12.2 Å². The normalized spacial score (nSPS) is 32.8. The van der Waals surface area contributed by atoms with Crippen LogP contribution in [-0.2, 0) is 38.1 Å². The van der Waals surface area contributed by atoms with Crippen molar-refractivity contribution in [3.8, 4) is 0 Å². The minimum Gasteiger partial charge on any atom is -0.444 e. The van der Waals surface area contributed by atoms with E-state index in [1.807, 2.05) is 0 Å². The van der Waals surface area contributed by atoms with Gasteiger partial charge in [-0.1, -0.05) is 31.8 Å². The second-order valence-corrected chi connectivity index (χ2v) is 7.31. The van der Waals surface area contributed by atoms with Crippen molar-refractivity contribution in [3.63, 3.8) is 0 Å². The number of ether oxygens (including phenoxy) is 4. The fourth-order valence-corrected chi connectivity index (χ4v) is 3.12. The maximum absolute atomic E-state index is 12.9. The minimum atomic E-state index is -2.87. The van der Waals surface area contributed by atoms with Gasteiger partial charge in [-0.25, -0.2) is 14.4 Å². The summed E-state index contributed by atoms with van der Waals surface area (Å²) in [6.07, 6.45) is 5.78. The van der Waals surface area contributed by atoms with Crippen LogP contribution in [0, 0.1) is 0 Å². The summed E-state index contributed by atoms with van der Waals surface area (Å²) in [5.41, 5.74) is -2.87. The highest BCUT2D eigenvalue weighted by atomic mass is 16.8. The van der Waals surface area contributed by atoms with Gasteiger partial charge in [0.2, 0.25) is 11.9 Å². The number of aliphatic hydroxyl groups is 3. The highest BCUT2D eigenvalue weighted by Crippen LogP contribution is 2.27. The first-order chi connectivity index (χ1) is 14.8. The van der Waals surface area contributed by atoms with Gasteiger partial charge in [-0.05, 0) is 25.3 Å². The molecule has 0 saturated carbocycles. The fraction of sp³-hybridized carbons (Fsp3) is 0.700. The Bertz CT molecular complexity index is 703. The third-order valence-corrected chi connectivity index (χ3v) is 5.05. The SMILES string of the molecule is O=C1OC2(CO)OCCCCCCCC/C=C/C(=O)C(CO)(OC2=O)C(=O)OC1CO. The lowest BCUT2D eigenvalue weighted by Gasteiger charge is -2.32. The number of carbonyl (C=O) groups is 4. The Hall–Kier alpha value is -2.34. The zero-order valence-corrected chi connectivity index (χ0v) is 17.1. The second kappa shape index (κ2) is 11.3. The standard InChI is InChI=1S/C20H28O11/c21-11-14-16(25)30-20(13-23)18(27)31-19(12-22,17(26)29-14)15(24)9-7-5-3-1-2-4-6-8-10-28-20/h7,9,14,21-23H,1-6,8,10-13H2/b9-7+. The van der Waals surface area contributed by atoms with E-state index < -0.39 is 61.0 Å². The fourth-order valence-electron chi connectivity index (χ4n) is 3.12. The predicted octanol–water partition coefficient (Wildman–Crippen LogP) is -0.704. The van der Waals surface area contributed by atoms with Crippen LogP contribution in [0.2, 0.25) is 0 Å². The molecule has 2 aliphatic heterocycles. The molecule has 3 unspecified atom stereocenters. The summed E-state index contributed by atoms with van der Waals surface area (Å²) in [5, 5.41) is 29.2. The Morgan fingerprint density at radius 1 is 0.871 bits per heavy atom. The molecule has 2 rings (SSSR count). The Morgan fingerprint density at radius 3 is 2.19 bits per heavy atom. The highest BCUT2D eigenvalue weighted by Gasteiger charge is 2.58. The van der Waals surface area contributed by atoms with E-state index in [0.29, 0.717) is 12.8 Å². The van der Waals surface area contributed by atoms with E-state index in [1.165, 1.54) is 6.08 Å². The van der Waals surface area contributed by atoms with Gasteiger partial charge in [0.05, 0.1) is 13.2 Å². The van der Waals surface area contributed by atoms with Gasteiger partial charge in [-0.3, -0.25) is 4.79 Å². The van der Waals surface area contributed by atoms with Crippen molar-refractivity contribution < 1.29 is 53.4 Å². The molecule has 2 aliphatic rings. The van der Waals surface area contributed by atoms with Gasteiger partial charge < -0.3 is 34.3 Å². The van der Waals surface area contributed by atoms with E-state index >= 15 is 0 Å². The molecule has 3 N–H and O–H groups in total. The number of rotatable bonds is 3. The number of aliphatic hydroxyl groups excluding tert-OH is 3. The summed E-state index contributed by atoms with van der Waals surface area (Å²) in [7, 11) is 0. The third kappa shape index (κ3) is 5.67. The monoisotopic (exact) mass is 444 g/mol. The first-order valence-electron chi connectivity index (χ1n) is 10.2. The average molecular weight is 444 g/mol. The zero-order valence-electron chi connectivity index (χ0n) is 17.1. The molecule has 174 valence electrons. The molecule has 2 heterocycles. The molecule has 0 spiro atoms. The topological polar surface area (TPSA) is 166 Å². The molecular weight excluding hydrogens is 416 g/mol. The van der Waals surface area contributed by atoms with E-state index in [1.54, 1.807) is 0 Å². The van der Waals surface area contributed by atoms with E-state index in [0.717, 1.165) is 38.2 Å². The van der Waals surface area contributed by atoms with Gasteiger partial charge in [-0.2, -0.15) is 0 Å². The molecule has 0 aromatic heterocycles. The van der Waals surface area contributed by atoms with Crippen LogP contribution < -0.4 is 0 Å². The average Bonchev–Trinajstić information content (AvgIpc) is 2.79. The summed E-state index contributed by atoms with van der Waals surface area (Å²) in [5.74, 6) is -8.35. The molecule has 31 heavy (non-hydrogen) atoms. The van der Waals surface area contributed by atoms with Crippen LogP contribution >= 0.6 is 0 Å². The molecule has 0 aromatic rings. The van der Waals surface area contributed by atoms with Crippen LogP contribution in [0.25, 0.3) is 0 Å². The quantitative estimate of drug-likeness (QED) is 0.286. The van der Waals surface area contributed by atoms with Crippen molar-refractivity contribution in [1.29, 1.82) is 0 Å². The third-order valence-electron chi connectivity index (χ3n) is 5.05. The first kappa shape index (κ1) is 24.9. The molecule has 0 aromatic carbocycles. The van der Waals surface area contributed by atoms with Gasteiger partial charge in [-0.15, -0.1) is 0 Å². The molecule has 0 radical (unpaired) electrons. The van der Waals surface area contributed by atoms with Crippen molar-refractivity contribution in [1.82, 2.24) is 0 Å². The van der Waals surface area contributed by atoms with Crippen molar-refractivity contribution >= 4 is 23.7 Å². The molecule has 1 saturated heterocycles. The molecule has 2 bridgehead atoms. The smallest absolute Gasteiger partial charge is 0.384 e. The number of carbonyl (C=O) groups excluding carboxylic acids is 4. The minimum absolute atomic E-state index is 0.110. The molecule has 11 nitrogen and oxygen atoms in total. The van der Waals surface area contributed by atoms with Gasteiger partial charge in [0.1, 0.15) is 13.2 Å². The van der Waals surface area contributed by atoms with Gasteiger partial charge in [0, 0.05) is 0 Å².